The number of nitrogens with zero attached hydrogens (tertiary/aromatic N) is 12. The summed E-state index contributed by atoms with van der Waals surface area (Å²) in [5.41, 5.74) is 8.60. The van der Waals surface area contributed by atoms with Gasteiger partial charge in [-0.3, -0.25) is 29.1 Å². The second-order valence-corrected chi connectivity index (χ2v) is 23.7. The van der Waals surface area contributed by atoms with Crippen molar-refractivity contribution in [3.8, 4) is 51.2 Å². The van der Waals surface area contributed by atoms with Gasteiger partial charge in [0, 0.05) is 110 Å². The second kappa shape index (κ2) is 47.2. The number of nitriles is 1. The average Bonchev–Trinajstić information content (AvgIpc) is 0.824. The van der Waals surface area contributed by atoms with Crippen molar-refractivity contribution < 1.29 is 155 Å². The normalized spacial score (nSPS) is 11.1. The molecule has 0 aliphatic carbocycles. The minimum atomic E-state index is -0.709. The monoisotopic (exact) mass is 1690 g/mol. The molecule has 1 saturated heterocycles. The number of pyridine rings is 5. The molecule has 13 rings (SSSR count). The van der Waals surface area contributed by atoms with Gasteiger partial charge in [0.05, 0.1) is 70.3 Å². The van der Waals surface area contributed by atoms with Gasteiger partial charge in [-0.2, -0.15) is 20.6 Å². The molecule has 8 aromatic heterocycles. The van der Waals surface area contributed by atoms with E-state index >= 15 is 0 Å². The van der Waals surface area contributed by atoms with Crippen LogP contribution in [0.1, 0.15) is 36.6 Å². The maximum Gasteiger partial charge on any atom is 1.00 e. The van der Waals surface area contributed by atoms with Gasteiger partial charge in [0.25, 0.3) is 23.2 Å². The van der Waals surface area contributed by atoms with Gasteiger partial charge in [0.1, 0.15) is 44.1 Å². The van der Waals surface area contributed by atoms with Crippen molar-refractivity contribution in [3.63, 3.8) is 0 Å². The number of rotatable bonds is 12. The van der Waals surface area contributed by atoms with Crippen molar-refractivity contribution in [1.82, 2.24) is 54.7 Å². The Kier molecular flexibility index (Phi) is 39.5. The quantitative estimate of drug-likeness (QED) is 0.0257. The number of halogens is 9. The van der Waals surface area contributed by atoms with Crippen LogP contribution in [0.4, 0.5) is 32.0 Å². The zero-order chi connectivity index (χ0) is 74.9. The molecule has 0 saturated carbocycles. The Morgan fingerprint density at radius 3 is 1.40 bits per heavy atom. The number of aromatic amines is 1. The summed E-state index contributed by atoms with van der Waals surface area (Å²) in [5, 5.41) is 30.8. The number of H-pyrrole nitrogens is 1. The van der Waals surface area contributed by atoms with Gasteiger partial charge in [-0.25, -0.2) is 55.8 Å². The Hall–Kier alpha value is -7.73. The van der Waals surface area contributed by atoms with Crippen molar-refractivity contribution in [1.29, 1.82) is 5.26 Å². The number of aromatic nitrogens is 11. The van der Waals surface area contributed by atoms with Crippen LogP contribution in [-0.2, 0) is 37.4 Å². The summed E-state index contributed by atoms with van der Waals surface area (Å²) in [6.07, 6.45) is 3.61. The van der Waals surface area contributed by atoms with Crippen molar-refractivity contribution in [2.75, 3.05) is 31.2 Å². The molecule has 0 amide bonds. The maximum atomic E-state index is 13.5. The molecule has 0 bridgehead atoms. The Morgan fingerprint density at radius 1 is 0.557 bits per heavy atom. The van der Waals surface area contributed by atoms with Crippen LogP contribution in [0.15, 0.2) is 236 Å². The van der Waals surface area contributed by atoms with Crippen LogP contribution in [0.3, 0.4) is 0 Å². The first-order valence-corrected chi connectivity index (χ1v) is 33.6. The molecule has 1 fully saturated rings. The van der Waals surface area contributed by atoms with E-state index in [1.165, 1.54) is 70.5 Å². The largest absolute Gasteiger partial charge is 1.00 e. The predicted octanol–water partition coefficient (Wildman–Crippen LogP) is 6.57. The molecule has 0 unspecified atom stereocenters. The Balaban J connectivity index is 0.000000284. The van der Waals surface area contributed by atoms with E-state index in [1.54, 1.807) is 36.5 Å². The number of aryl methyl sites for hydroxylation is 2. The molecule has 1 aliphatic rings. The number of benzene rings is 4. The van der Waals surface area contributed by atoms with E-state index in [1.807, 2.05) is 80.7 Å². The topological polar surface area (TPSA) is 275 Å². The summed E-state index contributed by atoms with van der Waals surface area (Å²) in [6, 6.07) is 54.0. The molecule has 106 heavy (non-hydrogen) atoms. The molecule has 21 nitrogen and oxygen atoms in total. The number of nitrogens with one attached hydrogen (secondary N) is 1. The van der Waals surface area contributed by atoms with Crippen LogP contribution in [-0.4, -0.2) is 94.6 Å². The van der Waals surface area contributed by atoms with Crippen LogP contribution < -0.4 is 135 Å². The molecule has 534 valence electrons. The van der Waals surface area contributed by atoms with Crippen LogP contribution in [0, 0.1) is 60.1 Å². The van der Waals surface area contributed by atoms with E-state index < -0.39 is 34.9 Å². The van der Waals surface area contributed by atoms with Gasteiger partial charge in [-0.1, -0.05) is 64.5 Å². The third-order valence-electron chi connectivity index (χ3n) is 13.8. The Morgan fingerprint density at radius 2 is 0.981 bits per heavy atom. The van der Waals surface area contributed by atoms with E-state index in [-0.39, 0.29) is 164 Å². The predicted molar refractivity (Wildman–Crippen MR) is 389 cm³/mol. The minimum absolute atomic E-state index is 0. The SMILES string of the molecule is BrCc1cccc(Br)n1.CC#N.Cc1ccc(-c2cccc(Cn3nc(-c4cc(F)cc(F)c4)ccc3=O)n2)nc1.Cc1ccc(B2OCCN(c3ccccc3)CCO2)nc1.O=CO[O-].O=c1ccc(-c2cc(F)cc(F)c2)n[nH]1.O=c1ccc(-c2cc(F)cc(F)c2)nn1Cc1cccc(Br)n1.[H-].[K+].[K+]. The molecule has 33 heteroatoms. The van der Waals surface area contributed by atoms with Crippen LogP contribution in [0.25, 0.3) is 45.2 Å². The number of hydrogen-bond donors (Lipinski definition) is 1. The summed E-state index contributed by atoms with van der Waals surface area (Å²) < 4.78 is 95.0. The smallest absolute Gasteiger partial charge is 1.00 e. The van der Waals surface area contributed by atoms with E-state index in [9.17, 15) is 40.7 Å². The zero-order valence-electron chi connectivity index (χ0n) is 58.3. The van der Waals surface area contributed by atoms with Crippen molar-refractivity contribution in [2.24, 2.45) is 0 Å². The van der Waals surface area contributed by atoms with Gasteiger partial charge in [-0.05, 0) is 172 Å². The van der Waals surface area contributed by atoms with E-state index in [4.69, 9.17) is 24.6 Å². The average molecular weight is 1690 g/mol. The van der Waals surface area contributed by atoms with Crippen LogP contribution in [0.5, 0.6) is 0 Å². The molecular weight excluding hydrogens is 1630 g/mol. The third-order valence-corrected chi connectivity index (χ3v) is 15.2. The fraction of sp³-hybridized carbons (Fsp3) is 0.137. The molecule has 9 heterocycles. The number of carbonyl (C=O) groups is 1. The molecule has 12 aromatic rings. The third kappa shape index (κ3) is 30.5. The Labute approximate surface area is 716 Å². The van der Waals surface area contributed by atoms with Gasteiger partial charge in [0.15, 0.2) is 0 Å². The summed E-state index contributed by atoms with van der Waals surface area (Å²) in [4.78, 5) is 70.1. The van der Waals surface area contributed by atoms with Crippen LogP contribution >= 0.6 is 47.8 Å². The second-order valence-electron chi connectivity index (χ2n) is 21.6. The van der Waals surface area contributed by atoms with E-state index in [0.29, 0.717) is 52.0 Å². The standard InChI is InChI=1S/C22H16F2N4O.C16H19BN2O2.C16H10BrF2N3O.C10H6F2N2O.C6H5Br2N.C2H3N.CH2O3.2K.H/c1-14-5-6-20(25-12-14)21-4-2-3-18(26-21)13-28-22(29)8-7-19(27-28)15-9-16(23)11-17(24)10-15;1-14-7-8-16(18-13-14)17-20-11-9-19(10-12-21-17)15-5-3-2-4-6-15;17-15-3-1-2-13(20-15)9-22-16(23)5-4-14(21-22)10-6-11(18)8-12(19)7-10;11-7-3-6(4-8(12)5-7)9-1-2-10(15)14-13-9;7-4-5-2-1-3-6(8)9-5;1-2-3;2-1-4-3;;;/h2-12H,13H2,1H3;2-8,13H,9-12H2,1H3;1-8H,9H2;1-5H,(H,14,15);1-3H,4H2;1H3;1,3H;;;/q;;;;;;;2*+1;-1/p-1. The van der Waals surface area contributed by atoms with Crippen molar-refractivity contribution in [3.05, 3.63) is 316 Å². The molecule has 0 atom stereocenters. The number of para-hydroxylation sites is 1. The zero-order valence-corrected chi connectivity index (χ0v) is 68.4. The van der Waals surface area contributed by atoms with Gasteiger partial charge in [0.2, 0.25) is 0 Å². The first-order valence-electron chi connectivity index (χ1n) is 30.9. The summed E-state index contributed by atoms with van der Waals surface area (Å²) in [7, 11) is -0.358. The van der Waals surface area contributed by atoms with Crippen molar-refractivity contribution >= 4 is 72.7 Å². The molecule has 4 aromatic carbocycles. The van der Waals surface area contributed by atoms with Crippen molar-refractivity contribution in [2.45, 2.75) is 39.2 Å². The number of hydrogen-bond acceptors (Lipinski definition) is 18. The summed E-state index contributed by atoms with van der Waals surface area (Å²) in [5.74, 6) is -4.18. The Bertz CT molecular complexity index is 4930. The molecule has 0 spiro atoms. The number of anilines is 1. The fourth-order valence-corrected chi connectivity index (χ4v) is 10.2. The summed E-state index contributed by atoms with van der Waals surface area (Å²) >= 11 is 9.84. The van der Waals surface area contributed by atoms with Gasteiger partial charge in [-0.15, -0.1) is 0 Å². The first kappa shape index (κ1) is 88.9. The van der Waals surface area contributed by atoms with Gasteiger partial charge < -0.3 is 25.8 Å². The number of alkyl halides is 1. The number of carbonyl (C=O) groups excluding carboxylic acids is 1. The first-order chi connectivity index (χ1) is 50.1. The molecule has 1 aliphatic heterocycles. The molecular formula is C73H61BBr3F6K2N13O8. The van der Waals surface area contributed by atoms with E-state index in [2.05, 4.69) is 127 Å². The van der Waals surface area contributed by atoms with Crippen LogP contribution in [0.2, 0.25) is 0 Å². The van der Waals surface area contributed by atoms with Gasteiger partial charge >= 0.3 is 110 Å². The molecule has 1 N–H and O–H groups in total. The fourth-order valence-electron chi connectivity index (χ4n) is 9.13. The van der Waals surface area contributed by atoms with E-state index in [0.717, 1.165) is 93.6 Å². The molecule has 0 radical (unpaired) electrons. The minimum Gasteiger partial charge on any atom is -1.00 e. The maximum absolute atomic E-state index is 13.5. The summed E-state index contributed by atoms with van der Waals surface area (Å²) in [6.45, 7) is 8.45.